The number of nitrogens with one attached hydrogen (secondary N) is 3. The third kappa shape index (κ3) is 4.41. The molecule has 0 radical (unpaired) electrons. The van der Waals surface area contributed by atoms with Crippen LogP contribution in [-0.2, 0) is 16.2 Å². The lowest BCUT2D eigenvalue weighted by molar-refractivity contribution is -0.137. The van der Waals surface area contributed by atoms with E-state index >= 15 is 0 Å². The maximum atomic E-state index is 13.7. The lowest BCUT2D eigenvalue weighted by atomic mass is 9.98. The van der Waals surface area contributed by atoms with E-state index in [0.717, 1.165) is 24.3 Å². The van der Waals surface area contributed by atoms with Crippen LogP contribution in [0, 0.1) is 12.7 Å². The molecule has 2 aromatic carbocycles. The van der Waals surface area contributed by atoms with Crippen molar-refractivity contribution < 1.29 is 26.0 Å². The topological polar surface area (TPSA) is 125 Å². The number of fused-ring (bicyclic) bond motifs is 1. The fourth-order valence-corrected chi connectivity index (χ4v) is 4.56. The summed E-state index contributed by atoms with van der Waals surface area (Å²) in [5.74, 6) is -0.620. The molecule has 34 heavy (non-hydrogen) atoms. The Morgan fingerprint density at radius 2 is 1.59 bits per heavy atom. The molecule has 0 unspecified atom stereocenters. The zero-order valence-corrected chi connectivity index (χ0v) is 17.9. The van der Waals surface area contributed by atoms with Gasteiger partial charge in [0.15, 0.2) is 10.7 Å². The van der Waals surface area contributed by atoms with Gasteiger partial charge in [-0.05, 0) is 53.9 Å². The van der Waals surface area contributed by atoms with Crippen molar-refractivity contribution >= 4 is 26.9 Å². The Kier molecular flexibility index (Phi) is 5.52. The van der Waals surface area contributed by atoms with Crippen LogP contribution in [0.2, 0.25) is 0 Å². The summed E-state index contributed by atoms with van der Waals surface area (Å²) in [7, 11) is -4.50. The van der Waals surface area contributed by atoms with Gasteiger partial charge < -0.3 is 9.97 Å². The molecule has 2 heterocycles. The zero-order valence-electron chi connectivity index (χ0n) is 17.1. The number of pyridine rings is 1. The van der Waals surface area contributed by atoms with Crippen molar-refractivity contribution in [3.05, 3.63) is 86.2 Å². The van der Waals surface area contributed by atoms with Gasteiger partial charge in [0.05, 0.1) is 11.1 Å². The third-order valence-electron chi connectivity index (χ3n) is 4.84. The van der Waals surface area contributed by atoms with Gasteiger partial charge in [-0.2, -0.15) is 21.6 Å². The summed E-state index contributed by atoms with van der Waals surface area (Å²) in [5.41, 5.74) is -3.79. The highest BCUT2D eigenvalue weighted by molar-refractivity contribution is 7.92. The Hall–Kier alpha value is -4.00. The third-order valence-corrected chi connectivity index (χ3v) is 6.27. The maximum absolute atomic E-state index is 13.7. The molecule has 2 aromatic heterocycles. The Morgan fingerprint density at radius 1 is 0.941 bits per heavy atom. The molecule has 0 amide bonds. The van der Waals surface area contributed by atoms with E-state index in [1.807, 2.05) is 0 Å². The van der Waals surface area contributed by atoms with Crippen LogP contribution < -0.4 is 15.8 Å². The van der Waals surface area contributed by atoms with Crippen molar-refractivity contribution in [3.63, 3.8) is 0 Å². The average molecular weight is 494 g/mol. The molecule has 0 aliphatic heterocycles. The van der Waals surface area contributed by atoms with Gasteiger partial charge >= 0.3 is 17.3 Å². The molecular weight excluding hydrogens is 480 g/mol. The van der Waals surface area contributed by atoms with Crippen molar-refractivity contribution in [2.45, 2.75) is 18.1 Å². The predicted octanol–water partition coefficient (Wildman–Crippen LogP) is 3.55. The van der Waals surface area contributed by atoms with E-state index in [4.69, 9.17) is 0 Å². The van der Waals surface area contributed by atoms with Crippen LogP contribution in [-0.4, -0.2) is 23.4 Å². The summed E-state index contributed by atoms with van der Waals surface area (Å²) in [6.07, 6.45) is -4.84. The molecule has 0 aliphatic rings. The van der Waals surface area contributed by atoms with Gasteiger partial charge in [-0.3, -0.25) is 14.3 Å². The van der Waals surface area contributed by atoms with Gasteiger partial charge in [0.1, 0.15) is 5.82 Å². The van der Waals surface area contributed by atoms with Gasteiger partial charge in [0.2, 0.25) is 0 Å². The number of sulfonamides is 1. The molecule has 0 bridgehead atoms. The van der Waals surface area contributed by atoms with Crippen LogP contribution in [0.25, 0.3) is 22.3 Å². The SMILES string of the molecule is Cc1cc2[nH]c(=O)c(=O)[nH]c2nc1S(=O)(=O)Nc1ccc(-c2ccc(F)cc2)c(C(F)(F)F)c1. The van der Waals surface area contributed by atoms with Gasteiger partial charge in [-0.15, -0.1) is 0 Å². The predicted molar refractivity (Wildman–Crippen MR) is 115 cm³/mol. The van der Waals surface area contributed by atoms with Crippen LogP contribution in [0.1, 0.15) is 11.1 Å². The number of nitrogens with zero attached hydrogens (tertiary/aromatic N) is 1. The number of alkyl halides is 3. The molecule has 176 valence electrons. The number of aromatic nitrogens is 3. The van der Waals surface area contributed by atoms with Gasteiger partial charge in [0.25, 0.3) is 10.0 Å². The fourth-order valence-electron chi connectivity index (χ4n) is 3.33. The van der Waals surface area contributed by atoms with Crippen molar-refractivity contribution in [2.24, 2.45) is 0 Å². The van der Waals surface area contributed by atoms with Crippen molar-refractivity contribution in [1.29, 1.82) is 0 Å². The average Bonchev–Trinajstić information content (AvgIpc) is 2.74. The number of benzene rings is 2. The minimum atomic E-state index is -4.84. The number of H-pyrrole nitrogens is 2. The Labute approximate surface area is 188 Å². The summed E-state index contributed by atoms with van der Waals surface area (Å²) < 4.78 is 82.2. The molecule has 0 saturated carbocycles. The number of hydrogen-bond acceptors (Lipinski definition) is 5. The van der Waals surface area contributed by atoms with E-state index < -0.39 is 49.4 Å². The summed E-state index contributed by atoms with van der Waals surface area (Å²) in [6, 6.07) is 8.45. The Bertz CT molecular complexity index is 1640. The second-order valence-corrected chi connectivity index (χ2v) is 8.88. The molecule has 13 heteroatoms. The van der Waals surface area contributed by atoms with Crippen LogP contribution in [0.5, 0.6) is 0 Å². The monoisotopic (exact) mass is 494 g/mol. The van der Waals surface area contributed by atoms with Gasteiger partial charge in [0, 0.05) is 5.69 Å². The highest BCUT2D eigenvalue weighted by Gasteiger charge is 2.34. The van der Waals surface area contributed by atoms with E-state index in [1.54, 1.807) is 0 Å². The van der Waals surface area contributed by atoms with E-state index in [-0.39, 0.29) is 27.9 Å². The lowest BCUT2D eigenvalue weighted by Gasteiger charge is -2.16. The van der Waals surface area contributed by atoms with Crippen LogP contribution in [0.15, 0.2) is 63.1 Å². The molecule has 8 nitrogen and oxygen atoms in total. The summed E-state index contributed by atoms with van der Waals surface area (Å²) in [5, 5.41) is -0.557. The molecule has 0 atom stereocenters. The maximum Gasteiger partial charge on any atom is 0.417 e. The standard InChI is InChI=1S/C21H14F4N4O4S/c1-10-8-16-17(27-19(31)18(30)26-16)28-20(10)34(32,33)29-13-6-7-14(15(9-13)21(23,24)25)11-2-4-12(22)5-3-11/h2-9,29H,1H3,(H,26,30)(H,27,28,31). The molecule has 3 N–H and O–H groups in total. The van der Waals surface area contributed by atoms with E-state index in [1.165, 1.54) is 25.1 Å². The molecule has 4 aromatic rings. The Balaban J connectivity index is 1.78. The van der Waals surface area contributed by atoms with E-state index in [2.05, 4.69) is 19.7 Å². The first-order valence-electron chi connectivity index (χ1n) is 9.49. The van der Waals surface area contributed by atoms with Gasteiger partial charge in [-0.25, -0.2) is 9.37 Å². The first-order chi connectivity index (χ1) is 15.8. The molecular formula is C21H14F4N4O4S. The van der Waals surface area contributed by atoms with Crippen molar-refractivity contribution in [1.82, 2.24) is 15.0 Å². The second kappa shape index (κ2) is 8.09. The number of aryl methyl sites for hydroxylation is 1. The van der Waals surface area contributed by atoms with Crippen LogP contribution in [0.4, 0.5) is 23.2 Å². The zero-order chi connectivity index (χ0) is 24.8. The summed E-state index contributed by atoms with van der Waals surface area (Å²) >= 11 is 0. The summed E-state index contributed by atoms with van der Waals surface area (Å²) in [6.45, 7) is 1.36. The number of anilines is 1. The van der Waals surface area contributed by atoms with Crippen LogP contribution in [0.3, 0.4) is 0 Å². The van der Waals surface area contributed by atoms with Crippen molar-refractivity contribution in [3.8, 4) is 11.1 Å². The highest BCUT2D eigenvalue weighted by Crippen LogP contribution is 2.39. The highest BCUT2D eigenvalue weighted by atomic mass is 32.2. The number of aromatic amines is 2. The Morgan fingerprint density at radius 3 is 2.24 bits per heavy atom. The smallest absolute Gasteiger partial charge is 0.315 e. The number of rotatable bonds is 4. The van der Waals surface area contributed by atoms with Crippen LogP contribution >= 0.6 is 0 Å². The molecule has 0 saturated heterocycles. The van der Waals surface area contributed by atoms with Crippen molar-refractivity contribution in [2.75, 3.05) is 4.72 Å². The molecule has 4 rings (SSSR count). The van der Waals surface area contributed by atoms with Gasteiger partial charge in [-0.1, -0.05) is 18.2 Å². The first-order valence-corrected chi connectivity index (χ1v) is 11.0. The molecule has 0 spiro atoms. The number of hydrogen-bond donors (Lipinski definition) is 3. The normalized spacial score (nSPS) is 12.1. The summed E-state index contributed by atoms with van der Waals surface area (Å²) in [4.78, 5) is 31.2. The largest absolute Gasteiger partial charge is 0.417 e. The molecule has 0 aliphatic carbocycles. The first kappa shape index (κ1) is 23.2. The minimum absolute atomic E-state index is 0.0710. The number of halogens is 4. The fraction of sp³-hybridized carbons (Fsp3) is 0.0952. The lowest BCUT2D eigenvalue weighted by Crippen LogP contribution is -2.29. The quantitative estimate of drug-likeness (QED) is 0.296. The minimum Gasteiger partial charge on any atom is -0.315 e. The van der Waals surface area contributed by atoms with E-state index in [9.17, 15) is 35.6 Å². The van der Waals surface area contributed by atoms with E-state index in [0.29, 0.717) is 6.07 Å². The second-order valence-electron chi connectivity index (χ2n) is 7.29. The molecule has 0 fully saturated rings.